The Bertz CT molecular complexity index is 829. The van der Waals surface area contributed by atoms with Crippen LogP contribution in [0.1, 0.15) is 25.0 Å². The van der Waals surface area contributed by atoms with E-state index in [9.17, 15) is 32.7 Å². The van der Waals surface area contributed by atoms with E-state index in [1.807, 2.05) is 5.32 Å². The van der Waals surface area contributed by atoms with Gasteiger partial charge in [0.1, 0.15) is 17.9 Å². The molecule has 0 bridgehead atoms. The molecule has 2 amide bonds. The Balaban J connectivity index is 2.26. The van der Waals surface area contributed by atoms with Crippen molar-refractivity contribution in [1.82, 2.24) is 10.2 Å². The van der Waals surface area contributed by atoms with Crippen molar-refractivity contribution >= 4 is 17.8 Å². The zero-order valence-electron chi connectivity index (χ0n) is 15.1. The molecule has 1 heterocycles. The average Bonchev–Trinajstić information content (AvgIpc) is 2.57. The lowest BCUT2D eigenvalue weighted by atomic mass is 9.83. The van der Waals surface area contributed by atoms with Gasteiger partial charge in [0.2, 0.25) is 0 Å². The summed E-state index contributed by atoms with van der Waals surface area (Å²) >= 11 is 0. The largest absolute Gasteiger partial charge is 0.511 e. The third kappa shape index (κ3) is 4.62. The Hall–Kier alpha value is -3.04. The number of carboxylic acids is 1. The van der Waals surface area contributed by atoms with Crippen LogP contribution in [0.2, 0.25) is 0 Å². The van der Waals surface area contributed by atoms with Crippen molar-refractivity contribution in [1.29, 1.82) is 0 Å². The van der Waals surface area contributed by atoms with Gasteiger partial charge < -0.3 is 20.4 Å². The molecule has 2 rings (SSSR count). The Morgan fingerprint density at radius 1 is 1.21 bits per heavy atom. The summed E-state index contributed by atoms with van der Waals surface area (Å²) in [6, 6.07) is 4.24. The molecule has 1 aliphatic heterocycles. The standard InChI is InChI=1S/C18H19F3N2O5/c1-17(2)9-23(8-10-3-5-11(6-4-10)18(19,20)21)16(28)13(14(17)26)15(27)22-7-12(24)25/h3-6,26H,7-9H2,1-2H3,(H,22,27)(H,24,25). The molecule has 1 aromatic rings. The molecule has 0 fully saturated rings. The number of rotatable bonds is 5. The van der Waals surface area contributed by atoms with Gasteiger partial charge in [-0.15, -0.1) is 0 Å². The lowest BCUT2D eigenvalue weighted by Crippen LogP contribution is -2.49. The Kier molecular flexibility index (Phi) is 5.72. The Labute approximate surface area is 158 Å². The molecule has 1 aromatic carbocycles. The minimum atomic E-state index is -4.48. The fourth-order valence-electron chi connectivity index (χ4n) is 2.82. The third-order valence-corrected chi connectivity index (χ3v) is 4.25. The second kappa shape index (κ2) is 7.53. The van der Waals surface area contributed by atoms with E-state index in [1.165, 1.54) is 17.0 Å². The fourth-order valence-corrected chi connectivity index (χ4v) is 2.82. The summed E-state index contributed by atoms with van der Waals surface area (Å²) in [7, 11) is 0. The van der Waals surface area contributed by atoms with Crippen molar-refractivity contribution in [2.24, 2.45) is 5.41 Å². The van der Waals surface area contributed by atoms with Crippen LogP contribution >= 0.6 is 0 Å². The van der Waals surface area contributed by atoms with Crippen LogP contribution < -0.4 is 5.32 Å². The number of carbonyl (C=O) groups is 3. The van der Waals surface area contributed by atoms with Crippen molar-refractivity contribution in [3.05, 3.63) is 46.7 Å². The molecule has 3 N–H and O–H groups in total. The van der Waals surface area contributed by atoms with Crippen LogP contribution in [0.3, 0.4) is 0 Å². The first-order valence-corrected chi connectivity index (χ1v) is 8.22. The molecule has 0 aromatic heterocycles. The number of aliphatic hydroxyl groups is 1. The van der Waals surface area contributed by atoms with Crippen LogP contribution in [0, 0.1) is 5.41 Å². The van der Waals surface area contributed by atoms with Crippen LogP contribution in [-0.4, -0.2) is 46.0 Å². The molecule has 0 spiro atoms. The average molecular weight is 400 g/mol. The summed E-state index contributed by atoms with van der Waals surface area (Å²) in [6.45, 7) is 2.37. The predicted octanol–water partition coefficient (Wildman–Crippen LogP) is 2.09. The molecular weight excluding hydrogens is 381 g/mol. The summed E-state index contributed by atoms with van der Waals surface area (Å²) in [4.78, 5) is 36.7. The number of carboxylic acid groups (broad SMARTS) is 1. The Morgan fingerprint density at radius 3 is 2.29 bits per heavy atom. The minimum absolute atomic E-state index is 0.0222. The number of benzene rings is 1. The zero-order chi connectivity index (χ0) is 21.3. The van der Waals surface area contributed by atoms with Crippen molar-refractivity contribution in [3.63, 3.8) is 0 Å². The van der Waals surface area contributed by atoms with Crippen LogP contribution in [-0.2, 0) is 27.1 Å². The highest BCUT2D eigenvalue weighted by atomic mass is 19.4. The number of hydrogen-bond donors (Lipinski definition) is 3. The summed E-state index contributed by atoms with van der Waals surface area (Å²) < 4.78 is 38.0. The van der Waals surface area contributed by atoms with Crippen molar-refractivity contribution in [2.75, 3.05) is 13.1 Å². The van der Waals surface area contributed by atoms with Crippen LogP contribution in [0.5, 0.6) is 0 Å². The normalized spacial score (nSPS) is 16.9. The molecule has 1 aliphatic rings. The van der Waals surface area contributed by atoms with Gasteiger partial charge in [0, 0.05) is 18.5 Å². The second-order valence-electron chi connectivity index (χ2n) is 7.04. The summed E-state index contributed by atoms with van der Waals surface area (Å²) in [5.74, 6) is -3.66. The van der Waals surface area contributed by atoms with E-state index in [4.69, 9.17) is 5.11 Å². The second-order valence-corrected chi connectivity index (χ2v) is 7.04. The summed E-state index contributed by atoms with van der Waals surface area (Å²) in [5, 5.41) is 21.0. The maximum atomic E-state index is 12.7. The molecule has 0 saturated carbocycles. The van der Waals surface area contributed by atoms with Gasteiger partial charge >= 0.3 is 12.1 Å². The number of aliphatic hydroxyl groups excluding tert-OH is 1. The number of alkyl halides is 3. The van der Waals surface area contributed by atoms with Crippen LogP contribution in [0.4, 0.5) is 13.2 Å². The SMILES string of the molecule is CC1(C)CN(Cc2ccc(C(F)(F)F)cc2)C(=O)C(C(=O)NCC(=O)O)=C1O. The minimum Gasteiger partial charge on any atom is -0.511 e. The van der Waals surface area contributed by atoms with Crippen LogP contribution in [0.25, 0.3) is 0 Å². The zero-order valence-corrected chi connectivity index (χ0v) is 15.1. The lowest BCUT2D eigenvalue weighted by Gasteiger charge is -2.38. The molecule has 0 atom stereocenters. The maximum Gasteiger partial charge on any atom is 0.416 e. The van der Waals surface area contributed by atoms with E-state index in [-0.39, 0.29) is 13.1 Å². The lowest BCUT2D eigenvalue weighted by molar-refractivity contribution is -0.139. The maximum absolute atomic E-state index is 12.7. The quantitative estimate of drug-likeness (QED) is 0.656. The highest BCUT2D eigenvalue weighted by Gasteiger charge is 2.42. The van der Waals surface area contributed by atoms with Gasteiger partial charge in [0.05, 0.1) is 5.56 Å². The van der Waals surface area contributed by atoms with Gasteiger partial charge in [-0.25, -0.2) is 0 Å². The molecular formula is C18H19F3N2O5. The fraction of sp³-hybridized carbons (Fsp3) is 0.389. The molecule has 28 heavy (non-hydrogen) atoms. The van der Waals surface area contributed by atoms with Crippen molar-refractivity contribution in [3.8, 4) is 0 Å². The highest BCUT2D eigenvalue weighted by Crippen LogP contribution is 2.34. The molecule has 10 heteroatoms. The summed E-state index contributed by atoms with van der Waals surface area (Å²) in [6.07, 6.45) is -4.48. The van der Waals surface area contributed by atoms with Gasteiger partial charge in [-0.1, -0.05) is 26.0 Å². The van der Waals surface area contributed by atoms with E-state index in [0.29, 0.717) is 5.56 Å². The number of amides is 2. The van der Waals surface area contributed by atoms with Crippen molar-refractivity contribution in [2.45, 2.75) is 26.6 Å². The van der Waals surface area contributed by atoms with E-state index in [1.54, 1.807) is 13.8 Å². The Morgan fingerprint density at radius 2 is 1.79 bits per heavy atom. The van der Waals surface area contributed by atoms with Gasteiger partial charge in [-0.2, -0.15) is 13.2 Å². The van der Waals surface area contributed by atoms with Gasteiger partial charge in [-0.05, 0) is 17.7 Å². The van der Waals surface area contributed by atoms with Crippen LogP contribution in [0.15, 0.2) is 35.6 Å². The number of halogens is 3. The smallest absolute Gasteiger partial charge is 0.416 e. The first-order valence-electron chi connectivity index (χ1n) is 8.22. The van der Waals surface area contributed by atoms with Gasteiger partial charge in [0.15, 0.2) is 0 Å². The van der Waals surface area contributed by atoms with E-state index < -0.39 is 52.8 Å². The van der Waals surface area contributed by atoms with Gasteiger partial charge in [-0.3, -0.25) is 14.4 Å². The van der Waals surface area contributed by atoms with E-state index in [0.717, 1.165) is 12.1 Å². The number of nitrogens with one attached hydrogen (secondary N) is 1. The number of aliphatic carboxylic acids is 1. The molecule has 0 saturated heterocycles. The van der Waals surface area contributed by atoms with Gasteiger partial charge in [0.25, 0.3) is 11.8 Å². The number of carbonyl (C=O) groups excluding carboxylic acids is 2. The first-order chi connectivity index (χ1) is 12.8. The molecule has 0 radical (unpaired) electrons. The highest BCUT2D eigenvalue weighted by molar-refractivity contribution is 6.19. The first kappa shape index (κ1) is 21.3. The topological polar surface area (TPSA) is 107 Å². The molecule has 7 nitrogen and oxygen atoms in total. The summed E-state index contributed by atoms with van der Waals surface area (Å²) in [5.41, 5.74) is -2.00. The molecule has 0 aliphatic carbocycles. The molecule has 0 unspecified atom stereocenters. The number of hydrogen-bond acceptors (Lipinski definition) is 4. The van der Waals surface area contributed by atoms with E-state index >= 15 is 0 Å². The predicted molar refractivity (Wildman–Crippen MR) is 90.9 cm³/mol. The third-order valence-electron chi connectivity index (χ3n) is 4.25. The van der Waals surface area contributed by atoms with Crippen molar-refractivity contribution < 1.29 is 37.8 Å². The number of nitrogens with zero attached hydrogens (tertiary/aromatic N) is 1. The molecule has 152 valence electrons. The van der Waals surface area contributed by atoms with E-state index in [2.05, 4.69) is 0 Å². The monoisotopic (exact) mass is 400 g/mol.